The zero-order valence-corrected chi connectivity index (χ0v) is 13.3. The van der Waals surface area contributed by atoms with Gasteiger partial charge >= 0.3 is 0 Å². The molecule has 1 aromatic rings. The smallest absolute Gasteiger partial charge is 0.0509 e. The van der Waals surface area contributed by atoms with Gasteiger partial charge in [-0.2, -0.15) is 0 Å². The van der Waals surface area contributed by atoms with Crippen LogP contribution in [-0.2, 0) is 5.54 Å². The Kier molecular flexibility index (Phi) is 5.22. The van der Waals surface area contributed by atoms with Crippen molar-refractivity contribution >= 4 is 0 Å². The van der Waals surface area contributed by atoms with Gasteiger partial charge in [-0.1, -0.05) is 43.7 Å². The van der Waals surface area contributed by atoms with E-state index in [4.69, 9.17) is 5.73 Å². The molecule has 2 nitrogen and oxygen atoms in total. The van der Waals surface area contributed by atoms with Crippen LogP contribution in [0.3, 0.4) is 0 Å². The lowest BCUT2D eigenvalue weighted by Gasteiger charge is -2.38. The first kappa shape index (κ1) is 15.5. The van der Waals surface area contributed by atoms with Crippen LogP contribution < -0.4 is 5.73 Å². The van der Waals surface area contributed by atoms with Gasteiger partial charge in [0.2, 0.25) is 0 Å². The van der Waals surface area contributed by atoms with Gasteiger partial charge in [-0.15, -0.1) is 0 Å². The third-order valence-electron chi connectivity index (χ3n) is 5.03. The molecular weight excluding hydrogens is 244 g/mol. The fraction of sp³-hybridized carbons (Fsp3) is 0.667. The number of benzene rings is 1. The molecule has 0 aliphatic heterocycles. The van der Waals surface area contributed by atoms with E-state index >= 15 is 0 Å². The van der Waals surface area contributed by atoms with Crippen molar-refractivity contribution in [3.63, 3.8) is 0 Å². The maximum absolute atomic E-state index is 6.56. The van der Waals surface area contributed by atoms with Crippen molar-refractivity contribution in [3.8, 4) is 0 Å². The minimum absolute atomic E-state index is 0.266. The van der Waals surface area contributed by atoms with Crippen LogP contribution >= 0.6 is 0 Å². The first-order valence-electron chi connectivity index (χ1n) is 8.07. The molecule has 1 unspecified atom stereocenters. The summed E-state index contributed by atoms with van der Waals surface area (Å²) in [4.78, 5) is 2.48. The number of nitrogens with two attached hydrogens (primary N) is 1. The van der Waals surface area contributed by atoms with Crippen molar-refractivity contribution in [2.45, 2.75) is 57.5 Å². The van der Waals surface area contributed by atoms with Crippen LogP contribution in [-0.4, -0.2) is 24.5 Å². The highest BCUT2D eigenvalue weighted by atomic mass is 15.1. The molecule has 0 radical (unpaired) electrons. The monoisotopic (exact) mass is 274 g/mol. The molecule has 0 saturated heterocycles. The molecule has 2 rings (SSSR count). The summed E-state index contributed by atoms with van der Waals surface area (Å²) in [6.45, 7) is 5.40. The van der Waals surface area contributed by atoms with E-state index in [1.165, 1.54) is 37.7 Å². The number of likely N-dealkylation sites (N-methyl/N-ethyl adjacent to an activating group) is 1. The first-order valence-corrected chi connectivity index (χ1v) is 8.07. The molecule has 1 aliphatic carbocycles. The van der Waals surface area contributed by atoms with E-state index in [0.29, 0.717) is 6.04 Å². The van der Waals surface area contributed by atoms with Crippen LogP contribution in [0.15, 0.2) is 30.3 Å². The predicted octanol–water partition coefficient (Wildman–Crippen LogP) is 3.76. The fourth-order valence-corrected chi connectivity index (χ4v) is 3.55. The molecule has 0 heterocycles. The largest absolute Gasteiger partial charge is 0.321 e. The molecule has 2 heteroatoms. The minimum atomic E-state index is -0.266. The lowest BCUT2D eigenvalue weighted by molar-refractivity contribution is 0.138. The van der Waals surface area contributed by atoms with Crippen molar-refractivity contribution < 1.29 is 0 Å². The summed E-state index contributed by atoms with van der Waals surface area (Å²) in [7, 11) is 2.24. The lowest BCUT2D eigenvalue weighted by Crippen LogP contribution is -2.48. The third kappa shape index (κ3) is 3.83. The maximum Gasteiger partial charge on any atom is 0.0509 e. The summed E-state index contributed by atoms with van der Waals surface area (Å²) in [5.74, 6) is 0.957. The highest BCUT2D eigenvalue weighted by Crippen LogP contribution is 2.30. The summed E-state index contributed by atoms with van der Waals surface area (Å²) in [5.41, 5.74) is 7.52. The van der Waals surface area contributed by atoms with E-state index < -0.39 is 0 Å². The molecule has 0 amide bonds. The van der Waals surface area contributed by atoms with Crippen molar-refractivity contribution in [3.05, 3.63) is 35.9 Å². The number of hydrogen-bond donors (Lipinski definition) is 1. The second-order valence-corrected chi connectivity index (χ2v) is 6.78. The van der Waals surface area contributed by atoms with Gasteiger partial charge in [0.05, 0.1) is 5.54 Å². The van der Waals surface area contributed by atoms with Crippen molar-refractivity contribution in [2.75, 3.05) is 13.6 Å². The van der Waals surface area contributed by atoms with E-state index in [1.54, 1.807) is 0 Å². The zero-order valence-electron chi connectivity index (χ0n) is 13.3. The van der Waals surface area contributed by atoms with Crippen LogP contribution in [0.4, 0.5) is 0 Å². The summed E-state index contributed by atoms with van der Waals surface area (Å²) < 4.78 is 0. The highest BCUT2D eigenvalue weighted by Gasteiger charge is 2.28. The molecule has 112 valence electrons. The van der Waals surface area contributed by atoms with Crippen LogP contribution in [0.1, 0.15) is 51.5 Å². The number of rotatable bonds is 5. The van der Waals surface area contributed by atoms with Crippen molar-refractivity contribution in [2.24, 2.45) is 11.7 Å². The molecule has 0 aromatic heterocycles. The molecule has 2 N–H and O–H groups in total. The Hall–Kier alpha value is -0.860. The Morgan fingerprint density at radius 3 is 2.30 bits per heavy atom. The first-order chi connectivity index (χ1) is 9.53. The van der Waals surface area contributed by atoms with Crippen LogP contribution in [0.5, 0.6) is 0 Å². The zero-order chi connectivity index (χ0) is 14.6. The molecule has 20 heavy (non-hydrogen) atoms. The van der Waals surface area contributed by atoms with Crippen LogP contribution in [0.25, 0.3) is 0 Å². The fourth-order valence-electron chi connectivity index (χ4n) is 3.55. The lowest BCUT2D eigenvalue weighted by atomic mass is 9.83. The molecule has 1 atom stereocenters. The Morgan fingerprint density at radius 1 is 1.15 bits per heavy atom. The van der Waals surface area contributed by atoms with Gasteiger partial charge in [-0.05, 0) is 51.1 Å². The van der Waals surface area contributed by atoms with Gasteiger partial charge < -0.3 is 10.6 Å². The summed E-state index contributed by atoms with van der Waals surface area (Å²) in [6, 6.07) is 11.2. The van der Waals surface area contributed by atoms with Gasteiger partial charge in [0.25, 0.3) is 0 Å². The predicted molar refractivity (Wildman–Crippen MR) is 86.6 cm³/mol. The molecule has 1 fully saturated rings. The van der Waals surface area contributed by atoms with Gasteiger partial charge in [0.15, 0.2) is 0 Å². The average Bonchev–Trinajstić information content (AvgIpc) is 2.48. The second kappa shape index (κ2) is 6.73. The third-order valence-corrected chi connectivity index (χ3v) is 5.03. The van der Waals surface area contributed by atoms with Gasteiger partial charge in [0, 0.05) is 12.6 Å². The van der Waals surface area contributed by atoms with Crippen LogP contribution in [0, 0.1) is 5.92 Å². The summed E-state index contributed by atoms with van der Waals surface area (Å²) >= 11 is 0. The van der Waals surface area contributed by atoms with Crippen molar-refractivity contribution in [1.29, 1.82) is 0 Å². The van der Waals surface area contributed by atoms with Crippen LogP contribution in [0.2, 0.25) is 0 Å². The molecule has 1 aliphatic rings. The molecule has 1 aromatic carbocycles. The standard InChI is InChI=1S/C18H30N2/c1-4-15-10-12-17(13-11-15)20(3)14-18(2,19)16-8-6-5-7-9-16/h5-9,15,17H,4,10-14,19H2,1-3H3. The molecule has 0 bridgehead atoms. The molecule has 1 saturated carbocycles. The number of nitrogens with zero attached hydrogens (tertiary/aromatic N) is 1. The average molecular weight is 274 g/mol. The molecular formula is C18H30N2. The van der Waals surface area contributed by atoms with E-state index in [-0.39, 0.29) is 5.54 Å². The molecule has 0 spiro atoms. The van der Waals surface area contributed by atoms with E-state index in [2.05, 4.69) is 56.1 Å². The van der Waals surface area contributed by atoms with Gasteiger partial charge in [0.1, 0.15) is 0 Å². The topological polar surface area (TPSA) is 29.3 Å². The normalized spacial score (nSPS) is 26.4. The Bertz CT molecular complexity index is 391. The number of hydrogen-bond acceptors (Lipinski definition) is 2. The summed E-state index contributed by atoms with van der Waals surface area (Å²) in [6.07, 6.45) is 6.78. The minimum Gasteiger partial charge on any atom is -0.321 e. The Morgan fingerprint density at radius 2 is 1.75 bits per heavy atom. The van der Waals surface area contributed by atoms with E-state index in [0.717, 1.165) is 12.5 Å². The second-order valence-electron chi connectivity index (χ2n) is 6.78. The Labute approximate surface area is 124 Å². The van der Waals surface area contributed by atoms with Gasteiger partial charge in [-0.3, -0.25) is 0 Å². The highest BCUT2D eigenvalue weighted by molar-refractivity contribution is 5.23. The van der Waals surface area contributed by atoms with E-state index in [1.807, 2.05) is 0 Å². The SMILES string of the molecule is CCC1CCC(N(C)CC(C)(N)c2ccccc2)CC1. The van der Waals surface area contributed by atoms with Gasteiger partial charge in [-0.25, -0.2) is 0 Å². The van der Waals surface area contributed by atoms with Crippen molar-refractivity contribution in [1.82, 2.24) is 4.90 Å². The quantitative estimate of drug-likeness (QED) is 0.886. The Balaban J connectivity index is 1.92. The maximum atomic E-state index is 6.56. The summed E-state index contributed by atoms with van der Waals surface area (Å²) in [5, 5.41) is 0. The van der Waals surface area contributed by atoms with E-state index in [9.17, 15) is 0 Å².